The lowest BCUT2D eigenvalue weighted by Crippen LogP contribution is -2.10. The smallest absolute Gasteiger partial charge is 0.0262 e. The molecule has 0 aromatic heterocycles. The fourth-order valence-corrected chi connectivity index (χ4v) is 2.27. The first-order chi connectivity index (χ1) is 10.2. The van der Waals surface area contributed by atoms with E-state index in [1.807, 2.05) is 19.9 Å². The van der Waals surface area contributed by atoms with Crippen molar-refractivity contribution in [1.29, 1.82) is 0 Å². The van der Waals surface area contributed by atoms with E-state index in [9.17, 15) is 0 Å². The molecule has 0 aromatic rings. The summed E-state index contributed by atoms with van der Waals surface area (Å²) in [6, 6.07) is 0. The zero-order valence-electron chi connectivity index (χ0n) is 16.1. The third-order valence-electron chi connectivity index (χ3n) is 3.33. The summed E-state index contributed by atoms with van der Waals surface area (Å²) in [5.41, 5.74) is 3.65. The molecule has 0 amide bonds. The fraction of sp³-hybridized carbons (Fsp3) is 0.545. The average Bonchev–Trinajstić information content (AvgIpc) is 2.44. The van der Waals surface area contributed by atoms with Crippen molar-refractivity contribution in [2.75, 3.05) is 0 Å². The predicted molar refractivity (Wildman–Crippen MR) is 105 cm³/mol. The maximum Gasteiger partial charge on any atom is -0.0262 e. The second-order valence-corrected chi connectivity index (χ2v) is 7.04. The van der Waals surface area contributed by atoms with Crippen LogP contribution in [0, 0.1) is 11.3 Å². The summed E-state index contributed by atoms with van der Waals surface area (Å²) < 4.78 is 0. The Morgan fingerprint density at radius 1 is 1.09 bits per heavy atom. The van der Waals surface area contributed by atoms with Crippen molar-refractivity contribution in [3.8, 4) is 0 Å². The molecule has 0 aliphatic rings. The van der Waals surface area contributed by atoms with Gasteiger partial charge < -0.3 is 0 Å². The molecule has 1 atom stereocenters. The zero-order chi connectivity index (χ0) is 17.8. The summed E-state index contributed by atoms with van der Waals surface area (Å²) in [6.07, 6.45) is 11.7. The van der Waals surface area contributed by atoms with Crippen LogP contribution in [0.15, 0.2) is 60.8 Å². The first-order valence-corrected chi connectivity index (χ1v) is 8.50. The SMILES string of the molecule is C=CC(=C)C(=C)/C=C\C=C(/C)CCC(C)CC(C)(C)C.CC. The average molecular weight is 303 g/mol. The van der Waals surface area contributed by atoms with Crippen LogP contribution >= 0.6 is 0 Å². The molecule has 22 heavy (non-hydrogen) atoms. The second-order valence-electron chi connectivity index (χ2n) is 7.04. The number of allylic oxidation sites excluding steroid dienone is 7. The highest BCUT2D eigenvalue weighted by Gasteiger charge is 2.14. The quantitative estimate of drug-likeness (QED) is 0.403. The third kappa shape index (κ3) is 13.7. The predicted octanol–water partition coefficient (Wildman–Crippen LogP) is 7.67. The van der Waals surface area contributed by atoms with Crippen molar-refractivity contribution < 1.29 is 0 Å². The molecule has 0 saturated carbocycles. The highest BCUT2D eigenvalue weighted by atomic mass is 14.2. The van der Waals surface area contributed by atoms with Gasteiger partial charge in [-0.3, -0.25) is 0 Å². The van der Waals surface area contributed by atoms with Crippen molar-refractivity contribution in [1.82, 2.24) is 0 Å². The Kier molecular flexibility index (Phi) is 12.8. The summed E-state index contributed by atoms with van der Waals surface area (Å²) in [5, 5.41) is 0. The Bertz CT molecular complexity index is 396. The zero-order valence-corrected chi connectivity index (χ0v) is 16.1. The van der Waals surface area contributed by atoms with Gasteiger partial charge in [0.05, 0.1) is 0 Å². The molecule has 0 N–H and O–H groups in total. The minimum absolute atomic E-state index is 0.430. The van der Waals surface area contributed by atoms with Crippen LogP contribution in [0.2, 0.25) is 0 Å². The van der Waals surface area contributed by atoms with Gasteiger partial charge in [0, 0.05) is 0 Å². The van der Waals surface area contributed by atoms with Gasteiger partial charge >= 0.3 is 0 Å². The van der Waals surface area contributed by atoms with Crippen molar-refractivity contribution in [2.45, 2.75) is 67.7 Å². The fourth-order valence-electron chi connectivity index (χ4n) is 2.27. The number of rotatable bonds is 8. The molecule has 0 saturated heterocycles. The highest BCUT2D eigenvalue weighted by molar-refractivity contribution is 5.42. The first-order valence-electron chi connectivity index (χ1n) is 8.50. The Hall–Kier alpha value is -1.30. The van der Waals surface area contributed by atoms with E-state index in [4.69, 9.17) is 0 Å². The lowest BCUT2D eigenvalue weighted by atomic mass is 9.83. The molecule has 126 valence electrons. The number of hydrogen-bond donors (Lipinski definition) is 0. The van der Waals surface area contributed by atoms with E-state index >= 15 is 0 Å². The van der Waals surface area contributed by atoms with Crippen molar-refractivity contribution in [3.63, 3.8) is 0 Å². The van der Waals surface area contributed by atoms with Crippen LogP contribution in [-0.4, -0.2) is 0 Å². The largest absolute Gasteiger partial charge is 0.0985 e. The second kappa shape index (κ2) is 12.3. The van der Waals surface area contributed by atoms with E-state index in [-0.39, 0.29) is 0 Å². The molecule has 0 bridgehead atoms. The maximum absolute atomic E-state index is 3.95. The molecule has 0 heterocycles. The molecule has 0 fully saturated rings. The van der Waals surface area contributed by atoms with Crippen LogP contribution in [0.3, 0.4) is 0 Å². The van der Waals surface area contributed by atoms with Crippen LogP contribution in [0.25, 0.3) is 0 Å². The summed E-state index contributed by atoms with van der Waals surface area (Å²) in [6.45, 7) is 27.0. The van der Waals surface area contributed by atoms with Crippen LogP contribution < -0.4 is 0 Å². The Balaban J connectivity index is 0. The molecule has 0 nitrogen and oxygen atoms in total. The molecule has 0 heteroatoms. The van der Waals surface area contributed by atoms with E-state index < -0.39 is 0 Å². The summed E-state index contributed by atoms with van der Waals surface area (Å²) in [7, 11) is 0. The van der Waals surface area contributed by atoms with Gasteiger partial charge in [0.1, 0.15) is 0 Å². The summed E-state index contributed by atoms with van der Waals surface area (Å²) >= 11 is 0. The van der Waals surface area contributed by atoms with Gasteiger partial charge in [-0.15, -0.1) is 0 Å². The van der Waals surface area contributed by atoms with E-state index in [1.165, 1.54) is 18.4 Å². The van der Waals surface area contributed by atoms with Gasteiger partial charge in [-0.25, -0.2) is 0 Å². The monoisotopic (exact) mass is 302 g/mol. The Morgan fingerprint density at radius 3 is 2.09 bits per heavy atom. The first kappa shape index (κ1) is 23.0. The van der Waals surface area contributed by atoms with Crippen LogP contribution in [-0.2, 0) is 0 Å². The highest BCUT2D eigenvalue weighted by Crippen LogP contribution is 2.27. The Morgan fingerprint density at radius 2 is 1.64 bits per heavy atom. The molecule has 0 aliphatic heterocycles. The summed E-state index contributed by atoms with van der Waals surface area (Å²) in [5.74, 6) is 0.776. The Labute approximate surface area is 140 Å². The number of hydrogen-bond acceptors (Lipinski definition) is 0. The van der Waals surface area contributed by atoms with Crippen molar-refractivity contribution in [2.24, 2.45) is 11.3 Å². The van der Waals surface area contributed by atoms with Gasteiger partial charge in [0.25, 0.3) is 0 Å². The molecule has 0 radical (unpaired) electrons. The van der Waals surface area contributed by atoms with E-state index in [0.29, 0.717) is 5.41 Å². The van der Waals surface area contributed by atoms with Gasteiger partial charge in [-0.1, -0.05) is 91.2 Å². The third-order valence-corrected chi connectivity index (χ3v) is 3.33. The topological polar surface area (TPSA) is 0 Å². The molecule has 0 spiro atoms. The van der Waals surface area contributed by atoms with Crippen LogP contribution in [0.5, 0.6) is 0 Å². The minimum Gasteiger partial charge on any atom is -0.0985 e. The van der Waals surface area contributed by atoms with Gasteiger partial charge in [0.15, 0.2) is 0 Å². The summed E-state index contributed by atoms with van der Waals surface area (Å²) in [4.78, 5) is 0. The normalized spacial score (nSPS) is 13.3. The minimum atomic E-state index is 0.430. The van der Waals surface area contributed by atoms with Crippen molar-refractivity contribution >= 4 is 0 Å². The molecular formula is C22H38. The van der Waals surface area contributed by atoms with Gasteiger partial charge in [0.2, 0.25) is 0 Å². The molecule has 0 aromatic carbocycles. The van der Waals surface area contributed by atoms with Gasteiger partial charge in [-0.2, -0.15) is 0 Å². The van der Waals surface area contributed by atoms with E-state index in [0.717, 1.165) is 23.5 Å². The molecule has 0 rings (SSSR count). The van der Waals surface area contributed by atoms with Crippen molar-refractivity contribution in [3.05, 3.63) is 60.8 Å². The van der Waals surface area contributed by atoms with E-state index in [1.54, 1.807) is 6.08 Å². The van der Waals surface area contributed by atoms with E-state index in [2.05, 4.69) is 66.5 Å². The molecular weight excluding hydrogens is 264 g/mol. The molecule has 0 aliphatic carbocycles. The van der Waals surface area contributed by atoms with Crippen LogP contribution in [0.4, 0.5) is 0 Å². The lowest BCUT2D eigenvalue weighted by molar-refractivity contribution is 0.297. The van der Waals surface area contributed by atoms with Gasteiger partial charge in [-0.05, 0) is 48.7 Å². The maximum atomic E-state index is 3.95. The molecule has 1 unspecified atom stereocenters. The lowest BCUT2D eigenvalue weighted by Gasteiger charge is -2.23. The standard InChI is InChI=1S/C20H32.C2H6/c1-9-18(4)19(5)12-10-11-16(2)13-14-17(3)15-20(6,7)8;1-2/h9-12,17H,1,4-5,13-15H2,2-3,6-8H3;1-2H3/b12-10-,16-11+;. The van der Waals surface area contributed by atoms with Crippen LogP contribution in [0.1, 0.15) is 67.7 Å².